The van der Waals surface area contributed by atoms with Gasteiger partial charge < -0.3 is 49.1 Å². The van der Waals surface area contributed by atoms with E-state index in [0.29, 0.717) is 25.9 Å². The Labute approximate surface area is 193 Å². The average molecular weight is 474 g/mol. The third kappa shape index (κ3) is 19.6. The summed E-state index contributed by atoms with van der Waals surface area (Å²) in [5, 5.41) is 34.1. The van der Waals surface area contributed by atoms with E-state index in [1.54, 1.807) is 12.1 Å². The van der Waals surface area contributed by atoms with Crippen molar-refractivity contribution in [2.24, 2.45) is 28.7 Å². The van der Waals surface area contributed by atoms with E-state index in [2.05, 4.69) is 0 Å². The second kappa shape index (κ2) is 19.9. The van der Waals surface area contributed by atoms with Gasteiger partial charge in [-0.15, -0.1) is 0 Å². The molecule has 0 aliphatic carbocycles. The molecule has 1 aromatic rings. The van der Waals surface area contributed by atoms with E-state index in [-0.39, 0.29) is 12.2 Å². The number of phenols is 1. The number of nitrogens with two attached hydrogens (primary N) is 5. The smallest absolute Gasteiger partial charge is 0.320 e. The van der Waals surface area contributed by atoms with E-state index in [1.807, 2.05) is 0 Å². The third-order valence-electron chi connectivity index (χ3n) is 4.28. The molecular weight excluding hydrogens is 434 g/mol. The van der Waals surface area contributed by atoms with Gasteiger partial charge in [0.05, 0.1) is 0 Å². The molecule has 0 fully saturated rings. The Hall–Kier alpha value is -2.77. The van der Waals surface area contributed by atoms with Crippen molar-refractivity contribution in [3.63, 3.8) is 0 Å². The van der Waals surface area contributed by atoms with Gasteiger partial charge in [-0.1, -0.05) is 25.0 Å². The van der Waals surface area contributed by atoms with Gasteiger partial charge in [-0.05, 0) is 62.9 Å². The van der Waals surface area contributed by atoms with Crippen molar-refractivity contribution in [2.75, 3.05) is 13.1 Å². The molecule has 1 rings (SSSR count). The maximum atomic E-state index is 10.4. The van der Waals surface area contributed by atoms with Crippen LogP contribution in [0.2, 0.25) is 0 Å². The number of unbranched alkanes of at least 4 members (excludes halogenated alkanes) is 2. The maximum Gasteiger partial charge on any atom is 0.320 e. The average Bonchev–Trinajstić information content (AvgIpc) is 2.76. The molecule has 0 bridgehead atoms. The van der Waals surface area contributed by atoms with Crippen molar-refractivity contribution in [3.8, 4) is 5.75 Å². The SMILES string of the molecule is NC(Cc1ccc(O)cc1)C(=O)O.NCCCCC(N)C(=O)O.NCCCCC(N)C(=O)O. The molecule has 0 heterocycles. The van der Waals surface area contributed by atoms with Gasteiger partial charge in [0.2, 0.25) is 0 Å². The minimum Gasteiger partial charge on any atom is -0.508 e. The number of carbonyl (C=O) groups is 3. The number of aliphatic carboxylic acids is 3. The van der Waals surface area contributed by atoms with E-state index in [9.17, 15) is 14.4 Å². The second-order valence-corrected chi connectivity index (χ2v) is 7.27. The highest BCUT2D eigenvalue weighted by Gasteiger charge is 2.11. The molecule has 0 radical (unpaired) electrons. The van der Waals surface area contributed by atoms with E-state index in [1.165, 1.54) is 12.1 Å². The number of hydrogen-bond donors (Lipinski definition) is 9. The number of hydrogen-bond acceptors (Lipinski definition) is 9. The summed E-state index contributed by atoms with van der Waals surface area (Å²) in [6.07, 6.45) is 4.60. The molecule has 0 saturated carbocycles. The summed E-state index contributed by atoms with van der Waals surface area (Å²) in [5.74, 6) is -2.73. The van der Waals surface area contributed by atoms with Gasteiger partial charge in [-0.3, -0.25) is 14.4 Å². The highest BCUT2D eigenvalue weighted by Crippen LogP contribution is 2.10. The van der Waals surface area contributed by atoms with Crippen molar-refractivity contribution in [2.45, 2.75) is 63.1 Å². The monoisotopic (exact) mass is 473 g/mol. The van der Waals surface area contributed by atoms with Crippen LogP contribution in [0.3, 0.4) is 0 Å². The number of phenolic OH excluding ortho intramolecular Hbond substituents is 1. The van der Waals surface area contributed by atoms with Crippen LogP contribution in [-0.4, -0.2) is 69.5 Å². The topological polar surface area (TPSA) is 262 Å². The molecule has 1 aromatic carbocycles. The summed E-state index contributed by atoms with van der Waals surface area (Å²) in [7, 11) is 0. The molecule has 14 N–H and O–H groups in total. The molecule has 12 nitrogen and oxygen atoms in total. The zero-order valence-corrected chi connectivity index (χ0v) is 18.8. The fraction of sp³-hybridized carbons (Fsp3) is 0.571. The number of carboxylic acid groups (broad SMARTS) is 3. The zero-order chi connectivity index (χ0) is 25.8. The molecule has 3 unspecified atom stereocenters. The van der Waals surface area contributed by atoms with Crippen molar-refractivity contribution in [1.82, 2.24) is 0 Å². The largest absolute Gasteiger partial charge is 0.508 e. The van der Waals surface area contributed by atoms with Crippen LogP contribution in [0, 0.1) is 0 Å². The van der Waals surface area contributed by atoms with E-state index in [4.69, 9.17) is 49.1 Å². The van der Waals surface area contributed by atoms with Gasteiger partial charge in [0.25, 0.3) is 0 Å². The van der Waals surface area contributed by atoms with Gasteiger partial charge in [0, 0.05) is 0 Å². The number of rotatable bonds is 13. The molecule has 0 amide bonds. The molecule has 33 heavy (non-hydrogen) atoms. The van der Waals surface area contributed by atoms with Crippen LogP contribution in [-0.2, 0) is 20.8 Å². The lowest BCUT2D eigenvalue weighted by atomic mass is 10.1. The van der Waals surface area contributed by atoms with E-state index >= 15 is 0 Å². The zero-order valence-electron chi connectivity index (χ0n) is 18.8. The molecule has 0 saturated heterocycles. The lowest BCUT2D eigenvalue weighted by Gasteiger charge is -2.05. The third-order valence-corrected chi connectivity index (χ3v) is 4.28. The highest BCUT2D eigenvalue weighted by atomic mass is 16.4. The van der Waals surface area contributed by atoms with Gasteiger partial charge >= 0.3 is 17.9 Å². The Bertz CT molecular complexity index is 647. The van der Waals surface area contributed by atoms with E-state index < -0.39 is 36.0 Å². The Morgan fingerprint density at radius 2 is 1.03 bits per heavy atom. The summed E-state index contributed by atoms with van der Waals surface area (Å²) in [5.41, 5.74) is 27.0. The number of carboxylic acids is 3. The lowest BCUT2D eigenvalue weighted by molar-refractivity contribution is -0.139. The summed E-state index contributed by atoms with van der Waals surface area (Å²) in [4.78, 5) is 30.7. The maximum absolute atomic E-state index is 10.4. The summed E-state index contributed by atoms with van der Waals surface area (Å²) in [6.45, 7) is 1.21. The Balaban J connectivity index is 0. The molecule has 0 spiro atoms. The van der Waals surface area contributed by atoms with Crippen LogP contribution in [0.5, 0.6) is 5.75 Å². The van der Waals surface area contributed by atoms with Crippen LogP contribution < -0.4 is 28.7 Å². The quantitative estimate of drug-likeness (QED) is 0.163. The van der Waals surface area contributed by atoms with Gasteiger partial charge in [0.1, 0.15) is 23.9 Å². The number of benzene rings is 1. The lowest BCUT2D eigenvalue weighted by Crippen LogP contribution is -2.32. The van der Waals surface area contributed by atoms with Gasteiger partial charge in [-0.2, -0.15) is 0 Å². The molecule has 190 valence electrons. The molecule has 0 aromatic heterocycles. The fourth-order valence-electron chi connectivity index (χ4n) is 2.24. The van der Waals surface area contributed by atoms with Gasteiger partial charge in [-0.25, -0.2) is 0 Å². The first-order valence-corrected chi connectivity index (χ1v) is 10.6. The molecule has 0 aliphatic rings. The first-order valence-electron chi connectivity index (χ1n) is 10.6. The van der Waals surface area contributed by atoms with Crippen molar-refractivity contribution in [3.05, 3.63) is 29.8 Å². The predicted molar refractivity (Wildman–Crippen MR) is 124 cm³/mol. The predicted octanol–water partition coefficient (Wildman–Crippen LogP) is -0.599. The standard InChI is InChI=1S/C9H11NO3.2C6H14N2O2/c10-8(9(12)13)5-6-1-3-7(11)4-2-6;2*7-4-2-1-3-5(8)6(9)10/h1-4,8,11H,5,10H2,(H,12,13);2*5H,1-4,7-8H2,(H,9,10). The van der Waals surface area contributed by atoms with E-state index in [0.717, 1.165) is 31.2 Å². The molecule has 12 heteroatoms. The van der Waals surface area contributed by atoms with Crippen LogP contribution in [0.15, 0.2) is 24.3 Å². The van der Waals surface area contributed by atoms with Crippen molar-refractivity contribution >= 4 is 17.9 Å². The first kappa shape index (κ1) is 32.4. The summed E-state index contributed by atoms with van der Waals surface area (Å²) < 4.78 is 0. The Morgan fingerprint density at radius 3 is 1.33 bits per heavy atom. The highest BCUT2D eigenvalue weighted by molar-refractivity contribution is 5.73. The van der Waals surface area contributed by atoms with Crippen molar-refractivity contribution < 1.29 is 34.8 Å². The summed E-state index contributed by atoms with van der Waals surface area (Å²) >= 11 is 0. The van der Waals surface area contributed by atoms with Crippen LogP contribution >= 0.6 is 0 Å². The van der Waals surface area contributed by atoms with Crippen LogP contribution in [0.25, 0.3) is 0 Å². The molecule has 0 aliphatic heterocycles. The van der Waals surface area contributed by atoms with Crippen molar-refractivity contribution in [1.29, 1.82) is 0 Å². The first-order chi connectivity index (χ1) is 15.5. The molecule has 3 atom stereocenters. The Morgan fingerprint density at radius 1 is 0.667 bits per heavy atom. The minimum atomic E-state index is -1.02. The number of aromatic hydroxyl groups is 1. The Kier molecular flexibility index (Phi) is 19.5. The van der Waals surface area contributed by atoms with Crippen LogP contribution in [0.1, 0.15) is 44.1 Å². The van der Waals surface area contributed by atoms with Gasteiger partial charge in [0.15, 0.2) is 0 Å². The second-order valence-electron chi connectivity index (χ2n) is 7.27. The fourth-order valence-corrected chi connectivity index (χ4v) is 2.24. The van der Waals surface area contributed by atoms with Crippen LogP contribution in [0.4, 0.5) is 0 Å². The minimum absolute atomic E-state index is 0.160. The molecular formula is C21H39N5O7. The normalized spacial score (nSPS) is 12.8. The summed E-state index contributed by atoms with van der Waals surface area (Å²) in [6, 6.07) is 3.99.